The Bertz CT molecular complexity index is 448. The normalized spacial score (nSPS) is 10.5. The molecule has 0 unspecified atom stereocenters. The number of aromatic nitrogens is 1. The Morgan fingerprint density at radius 1 is 1.38 bits per heavy atom. The maximum Gasteiger partial charge on any atom is 0.0754 e. The Kier molecular flexibility index (Phi) is 1.83. The highest BCUT2D eigenvalue weighted by atomic mass is 16.3. The molecule has 0 radical (unpaired) electrons. The summed E-state index contributed by atoms with van der Waals surface area (Å²) in [6, 6.07) is 7.32. The molecule has 0 aliphatic carbocycles. The Morgan fingerprint density at radius 3 is 2.85 bits per heavy atom. The topological polar surface area (TPSA) is 54.6 Å². The van der Waals surface area contributed by atoms with Crippen LogP contribution in [0.15, 0.2) is 35.7 Å². The molecule has 0 aliphatic heterocycles. The van der Waals surface area contributed by atoms with Crippen molar-refractivity contribution in [1.29, 1.82) is 0 Å². The van der Waals surface area contributed by atoms with Crippen LogP contribution in [0.1, 0.15) is 5.56 Å². The predicted molar refractivity (Wildman–Crippen MR) is 49.1 cm³/mol. The van der Waals surface area contributed by atoms with Crippen molar-refractivity contribution in [3.05, 3.63) is 40.9 Å². The Balaban J connectivity index is 2.81. The van der Waals surface area contributed by atoms with Crippen LogP contribution >= 0.6 is 0 Å². The second kappa shape index (κ2) is 2.99. The zero-order chi connectivity index (χ0) is 9.26. The molecule has 1 heterocycles. The molecule has 4 nitrogen and oxygen atoms in total. The molecular weight excluding hydrogens is 168 g/mol. The van der Waals surface area contributed by atoms with Crippen LogP contribution in [0.25, 0.3) is 10.9 Å². The summed E-state index contributed by atoms with van der Waals surface area (Å²) in [5.74, 6) is 0. The van der Waals surface area contributed by atoms with Gasteiger partial charge in [0.15, 0.2) is 0 Å². The predicted octanol–water partition coefficient (Wildman–Crippen LogP) is 1.66. The molecule has 66 valence electrons. The number of fused-ring (bicyclic) bond motifs is 1. The summed E-state index contributed by atoms with van der Waals surface area (Å²) < 4.78 is 1.22. The summed E-state index contributed by atoms with van der Waals surface area (Å²) in [6.07, 6.45) is 1.54. The first kappa shape index (κ1) is 7.94. The lowest BCUT2D eigenvalue weighted by Gasteiger charge is -1.91. The van der Waals surface area contributed by atoms with E-state index in [0.29, 0.717) is 0 Å². The lowest BCUT2D eigenvalue weighted by Crippen LogP contribution is -1.81. The number of nitroso groups, excluding NO2 is 1. The molecule has 0 aliphatic rings. The van der Waals surface area contributed by atoms with E-state index in [2.05, 4.69) is 5.29 Å². The van der Waals surface area contributed by atoms with Crippen LogP contribution in [0.3, 0.4) is 0 Å². The van der Waals surface area contributed by atoms with Gasteiger partial charge < -0.3 is 5.11 Å². The van der Waals surface area contributed by atoms with Gasteiger partial charge in [-0.25, -0.2) is 4.68 Å². The van der Waals surface area contributed by atoms with E-state index in [1.54, 1.807) is 6.07 Å². The summed E-state index contributed by atoms with van der Waals surface area (Å²) in [5.41, 5.74) is 1.44. The molecular formula is C9H8N2O2. The summed E-state index contributed by atoms with van der Waals surface area (Å²) in [6.45, 7) is -0.0803. The van der Waals surface area contributed by atoms with Gasteiger partial charge in [-0.2, -0.15) is 0 Å². The Hall–Kier alpha value is -1.68. The monoisotopic (exact) mass is 176 g/mol. The van der Waals surface area contributed by atoms with E-state index in [1.165, 1.54) is 10.9 Å². The molecule has 1 aromatic carbocycles. The second-order valence-electron chi connectivity index (χ2n) is 2.76. The van der Waals surface area contributed by atoms with Gasteiger partial charge in [0, 0.05) is 17.1 Å². The van der Waals surface area contributed by atoms with E-state index in [9.17, 15) is 4.91 Å². The van der Waals surface area contributed by atoms with Gasteiger partial charge in [-0.3, -0.25) is 0 Å². The molecule has 4 heteroatoms. The molecule has 1 N–H and O–H groups in total. The number of nitrogens with zero attached hydrogens (tertiary/aromatic N) is 2. The number of aliphatic hydroxyl groups excluding tert-OH is 1. The van der Waals surface area contributed by atoms with Gasteiger partial charge in [0.2, 0.25) is 0 Å². The van der Waals surface area contributed by atoms with Crippen molar-refractivity contribution in [2.45, 2.75) is 6.61 Å². The van der Waals surface area contributed by atoms with E-state index in [4.69, 9.17) is 5.11 Å². The van der Waals surface area contributed by atoms with Gasteiger partial charge in [0.25, 0.3) is 0 Å². The maximum absolute atomic E-state index is 10.4. The fourth-order valence-electron chi connectivity index (χ4n) is 1.43. The first-order valence-corrected chi connectivity index (χ1v) is 3.90. The molecule has 1 aromatic heterocycles. The zero-order valence-corrected chi connectivity index (χ0v) is 6.84. The van der Waals surface area contributed by atoms with Crippen molar-refractivity contribution in [3.8, 4) is 0 Å². The highest BCUT2D eigenvalue weighted by Gasteiger charge is 2.06. The summed E-state index contributed by atoms with van der Waals surface area (Å²) >= 11 is 0. The lowest BCUT2D eigenvalue weighted by molar-refractivity contribution is 0.283. The molecule has 0 atom stereocenters. The quantitative estimate of drug-likeness (QED) is 0.707. The molecule has 0 saturated heterocycles. The van der Waals surface area contributed by atoms with Crippen LogP contribution in [-0.4, -0.2) is 9.78 Å². The minimum Gasteiger partial charge on any atom is -0.392 e. The van der Waals surface area contributed by atoms with Gasteiger partial charge in [-0.15, -0.1) is 4.91 Å². The largest absolute Gasteiger partial charge is 0.392 e. The number of benzene rings is 1. The maximum atomic E-state index is 10.4. The molecule has 13 heavy (non-hydrogen) atoms. The van der Waals surface area contributed by atoms with E-state index < -0.39 is 0 Å². The van der Waals surface area contributed by atoms with E-state index in [0.717, 1.165) is 16.5 Å². The molecule has 0 saturated carbocycles. The minimum absolute atomic E-state index is 0.0803. The number of para-hydroxylation sites is 1. The third-order valence-corrected chi connectivity index (χ3v) is 2.03. The Morgan fingerprint density at radius 2 is 2.15 bits per heavy atom. The van der Waals surface area contributed by atoms with E-state index in [-0.39, 0.29) is 6.61 Å². The van der Waals surface area contributed by atoms with Crippen molar-refractivity contribution >= 4 is 10.9 Å². The number of hydrogen-bond donors (Lipinski definition) is 1. The van der Waals surface area contributed by atoms with Crippen molar-refractivity contribution in [2.75, 3.05) is 0 Å². The first-order chi connectivity index (χ1) is 6.36. The average Bonchev–Trinajstić information content (AvgIpc) is 2.56. The molecule has 0 bridgehead atoms. The molecule has 2 rings (SSSR count). The number of aliphatic hydroxyl groups is 1. The van der Waals surface area contributed by atoms with E-state index in [1.807, 2.05) is 18.2 Å². The van der Waals surface area contributed by atoms with Crippen LogP contribution in [0.4, 0.5) is 0 Å². The van der Waals surface area contributed by atoms with Crippen molar-refractivity contribution < 1.29 is 5.11 Å². The third-order valence-electron chi connectivity index (χ3n) is 2.03. The Labute approximate surface area is 74.4 Å². The molecule has 0 fully saturated rings. The first-order valence-electron chi connectivity index (χ1n) is 3.90. The fourth-order valence-corrected chi connectivity index (χ4v) is 1.43. The highest BCUT2D eigenvalue weighted by molar-refractivity contribution is 5.83. The van der Waals surface area contributed by atoms with Gasteiger partial charge in [-0.05, 0) is 6.07 Å². The van der Waals surface area contributed by atoms with Crippen LogP contribution in [-0.2, 0) is 6.61 Å². The minimum atomic E-state index is -0.0803. The highest BCUT2D eigenvalue weighted by Crippen LogP contribution is 2.20. The standard InChI is InChI=1S/C9H8N2O2/c12-6-7-5-11(10-13)9-4-2-1-3-8(7)9/h1-5,12H,6H2. The number of rotatable bonds is 2. The molecule has 0 amide bonds. The molecule has 0 spiro atoms. The van der Waals surface area contributed by atoms with Gasteiger partial charge >= 0.3 is 0 Å². The second-order valence-corrected chi connectivity index (χ2v) is 2.76. The van der Waals surface area contributed by atoms with Crippen molar-refractivity contribution in [1.82, 2.24) is 4.68 Å². The smallest absolute Gasteiger partial charge is 0.0754 e. The van der Waals surface area contributed by atoms with Crippen LogP contribution in [0.2, 0.25) is 0 Å². The van der Waals surface area contributed by atoms with E-state index >= 15 is 0 Å². The van der Waals surface area contributed by atoms with Crippen LogP contribution < -0.4 is 0 Å². The third kappa shape index (κ3) is 1.11. The zero-order valence-electron chi connectivity index (χ0n) is 6.84. The average molecular weight is 176 g/mol. The van der Waals surface area contributed by atoms with Crippen LogP contribution in [0.5, 0.6) is 0 Å². The number of hydrogen-bond acceptors (Lipinski definition) is 3. The van der Waals surface area contributed by atoms with Crippen molar-refractivity contribution in [3.63, 3.8) is 0 Å². The summed E-state index contributed by atoms with van der Waals surface area (Å²) in [7, 11) is 0. The van der Waals surface area contributed by atoms with Gasteiger partial charge in [0.05, 0.1) is 17.4 Å². The van der Waals surface area contributed by atoms with Crippen LogP contribution in [0, 0.1) is 4.91 Å². The van der Waals surface area contributed by atoms with Gasteiger partial charge in [-0.1, -0.05) is 18.2 Å². The lowest BCUT2D eigenvalue weighted by atomic mass is 10.2. The summed E-state index contributed by atoms with van der Waals surface area (Å²) in [5, 5.41) is 12.7. The summed E-state index contributed by atoms with van der Waals surface area (Å²) in [4.78, 5) is 10.4. The molecule has 2 aromatic rings. The van der Waals surface area contributed by atoms with Crippen molar-refractivity contribution in [2.24, 2.45) is 5.29 Å². The van der Waals surface area contributed by atoms with Gasteiger partial charge in [0.1, 0.15) is 0 Å². The fraction of sp³-hybridized carbons (Fsp3) is 0.111. The SMILES string of the molecule is O=Nn1cc(CO)c2ccccc21.